The molecule has 0 saturated carbocycles. The Bertz CT molecular complexity index is 306. The van der Waals surface area contributed by atoms with Crippen molar-refractivity contribution in [2.75, 3.05) is 0 Å². The molecule has 0 saturated heterocycles. The molecule has 0 unspecified atom stereocenters. The van der Waals surface area contributed by atoms with E-state index in [4.69, 9.17) is 10.2 Å². The van der Waals surface area contributed by atoms with Crippen LogP contribution in [0.4, 0.5) is 0 Å². The lowest BCUT2D eigenvalue weighted by atomic mass is 10.1. The predicted octanol–water partition coefficient (Wildman–Crippen LogP) is 2.44. The van der Waals surface area contributed by atoms with Gasteiger partial charge in [-0.05, 0) is 20.8 Å². The molecule has 0 aliphatic heterocycles. The smallest absolute Gasteiger partial charge is 0.204 e. The minimum atomic E-state index is -0.131. The largest absolute Gasteiger partial charge is 0.448 e. The van der Waals surface area contributed by atoms with Gasteiger partial charge in [-0.3, -0.25) is 4.99 Å². The second-order valence-corrected chi connectivity index (χ2v) is 4.83. The standard InChI is InChI=1S/C9H15N3OS.ClH/c1-9(2,3)12-8(10)14-6-7-11-4-5-13-7;/h4-5H,6H2,1-3H3,(H2,10,12);1H. The second-order valence-electron chi connectivity index (χ2n) is 3.84. The lowest BCUT2D eigenvalue weighted by Gasteiger charge is -2.12. The fourth-order valence-corrected chi connectivity index (χ4v) is 1.58. The van der Waals surface area contributed by atoms with E-state index in [9.17, 15) is 0 Å². The van der Waals surface area contributed by atoms with Crippen molar-refractivity contribution < 1.29 is 4.42 Å². The molecule has 1 aromatic heterocycles. The Labute approximate surface area is 100 Å². The van der Waals surface area contributed by atoms with Crippen LogP contribution in [0.15, 0.2) is 21.9 Å². The molecular formula is C9H16ClN3OS. The van der Waals surface area contributed by atoms with E-state index in [1.54, 1.807) is 12.5 Å². The third-order valence-electron chi connectivity index (χ3n) is 1.27. The van der Waals surface area contributed by atoms with Crippen LogP contribution in [0.2, 0.25) is 0 Å². The van der Waals surface area contributed by atoms with Crippen LogP contribution >= 0.6 is 24.2 Å². The molecule has 0 spiro atoms. The highest BCUT2D eigenvalue weighted by Gasteiger charge is 2.09. The quantitative estimate of drug-likeness (QED) is 0.646. The minimum Gasteiger partial charge on any atom is -0.448 e. The van der Waals surface area contributed by atoms with Crippen LogP contribution in [0.3, 0.4) is 0 Å². The highest BCUT2D eigenvalue weighted by molar-refractivity contribution is 8.13. The molecule has 1 rings (SSSR count). The Kier molecular flexibility index (Phi) is 5.75. The number of aliphatic imine (C=N–C) groups is 1. The van der Waals surface area contributed by atoms with Gasteiger partial charge in [0, 0.05) is 0 Å². The zero-order valence-electron chi connectivity index (χ0n) is 9.06. The van der Waals surface area contributed by atoms with Crippen LogP contribution in [-0.4, -0.2) is 15.7 Å². The van der Waals surface area contributed by atoms with Crippen LogP contribution in [0.5, 0.6) is 0 Å². The lowest BCUT2D eigenvalue weighted by Crippen LogP contribution is -2.17. The van der Waals surface area contributed by atoms with Gasteiger partial charge in [-0.2, -0.15) is 0 Å². The number of oxazole rings is 1. The summed E-state index contributed by atoms with van der Waals surface area (Å²) in [5.41, 5.74) is 5.59. The van der Waals surface area contributed by atoms with E-state index in [-0.39, 0.29) is 17.9 Å². The zero-order chi connectivity index (χ0) is 10.6. The van der Waals surface area contributed by atoms with Gasteiger partial charge >= 0.3 is 0 Å². The van der Waals surface area contributed by atoms with E-state index in [0.717, 1.165) is 0 Å². The van der Waals surface area contributed by atoms with Gasteiger partial charge in [-0.25, -0.2) is 4.98 Å². The molecule has 0 atom stereocenters. The molecule has 15 heavy (non-hydrogen) atoms. The SMILES string of the molecule is CC(C)(C)N=C(N)SCc1ncco1.Cl. The molecular weight excluding hydrogens is 234 g/mol. The first-order valence-electron chi connectivity index (χ1n) is 4.34. The summed E-state index contributed by atoms with van der Waals surface area (Å²) in [6.07, 6.45) is 3.17. The van der Waals surface area contributed by atoms with E-state index >= 15 is 0 Å². The number of nitrogens with two attached hydrogens (primary N) is 1. The van der Waals surface area contributed by atoms with Gasteiger partial charge in [-0.1, -0.05) is 11.8 Å². The number of thioether (sulfide) groups is 1. The summed E-state index contributed by atoms with van der Waals surface area (Å²) in [6.45, 7) is 6.02. The molecule has 0 radical (unpaired) electrons. The molecule has 0 amide bonds. The normalized spacial score (nSPS) is 12.3. The van der Waals surface area contributed by atoms with Gasteiger partial charge < -0.3 is 10.2 Å². The van der Waals surface area contributed by atoms with Gasteiger partial charge in [0.15, 0.2) is 5.17 Å². The molecule has 6 heteroatoms. The number of hydrogen-bond donors (Lipinski definition) is 1. The molecule has 0 aromatic carbocycles. The maximum atomic E-state index is 5.72. The highest BCUT2D eigenvalue weighted by atomic mass is 35.5. The Morgan fingerprint density at radius 2 is 2.27 bits per heavy atom. The lowest BCUT2D eigenvalue weighted by molar-refractivity contribution is 0.517. The summed E-state index contributed by atoms with van der Waals surface area (Å²) in [5.74, 6) is 1.29. The van der Waals surface area contributed by atoms with Gasteiger partial charge in [-0.15, -0.1) is 12.4 Å². The predicted molar refractivity (Wildman–Crippen MR) is 66.4 cm³/mol. The van der Waals surface area contributed by atoms with Crippen molar-refractivity contribution >= 4 is 29.3 Å². The first kappa shape index (κ1) is 14.3. The van der Waals surface area contributed by atoms with E-state index in [1.807, 2.05) is 20.8 Å². The third-order valence-corrected chi connectivity index (χ3v) is 2.05. The fourth-order valence-electron chi connectivity index (χ4n) is 0.823. The number of nitrogens with zero attached hydrogens (tertiary/aromatic N) is 2. The average Bonchev–Trinajstić information content (AvgIpc) is 2.49. The Balaban J connectivity index is 0.00000196. The van der Waals surface area contributed by atoms with Gasteiger partial charge in [0.1, 0.15) is 6.26 Å². The summed E-state index contributed by atoms with van der Waals surface area (Å²) in [7, 11) is 0. The summed E-state index contributed by atoms with van der Waals surface area (Å²) < 4.78 is 5.07. The molecule has 1 aromatic rings. The van der Waals surface area contributed by atoms with Crippen molar-refractivity contribution in [3.8, 4) is 0 Å². The monoisotopic (exact) mass is 249 g/mol. The fraction of sp³-hybridized carbons (Fsp3) is 0.556. The summed E-state index contributed by atoms with van der Waals surface area (Å²) in [6, 6.07) is 0. The van der Waals surface area contributed by atoms with Crippen molar-refractivity contribution in [2.24, 2.45) is 10.7 Å². The van der Waals surface area contributed by atoms with E-state index in [0.29, 0.717) is 16.8 Å². The molecule has 0 aliphatic carbocycles. The van der Waals surface area contributed by atoms with Gasteiger partial charge in [0.25, 0.3) is 0 Å². The summed E-state index contributed by atoms with van der Waals surface area (Å²) in [5, 5.41) is 0.565. The van der Waals surface area contributed by atoms with E-state index in [2.05, 4.69) is 9.98 Å². The average molecular weight is 250 g/mol. The number of halogens is 1. The van der Waals surface area contributed by atoms with Crippen molar-refractivity contribution in [3.05, 3.63) is 18.4 Å². The summed E-state index contributed by atoms with van der Waals surface area (Å²) in [4.78, 5) is 8.28. The van der Waals surface area contributed by atoms with Crippen molar-refractivity contribution in [2.45, 2.75) is 32.1 Å². The van der Waals surface area contributed by atoms with Crippen molar-refractivity contribution in [1.29, 1.82) is 0 Å². The van der Waals surface area contributed by atoms with Crippen LogP contribution in [0.1, 0.15) is 26.7 Å². The zero-order valence-corrected chi connectivity index (χ0v) is 10.7. The molecule has 0 aliphatic rings. The van der Waals surface area contributed by atoms with Crippen molar-refractivity contribution in [1.82, 2.24) is 4.98 Å². The molecule has 2 N–H and O–H groups in total. The number of hydrogen-bond acceptors (Lipinski definition) is 4. The molecule has 4 nitrogen and oxygen atoms in total. The minimum absolute atomic E-state index is 0. The van der Waals surface area contributed by atoms with Gasteiger partial charge in [0.2, 0.25) is 5.89 Å². The van der Waals surface area contributed by atoms with Crippen LogP contribution in [0, 0.1) is 0 Å². The highest BCUT2D eigenvalue weighted by Crippen LogP contribution is 2.13. The first-order valence-corrected chi connectivity index (χ1v) is 5.32. The molecule has 1 heterocycles. The topological polar surface area (TPSA) is 64.4 Å². The van der Waals surface area contributed by atoms with Gasteiger partial charge in [0.05, 0.1) is 17.5 Å². The van der Waals surface area contributed by atoms with Crippen molar-refractivity contribution in [3.63, 3.8) is 0 Å². The maximum absolute atomic E-state index is 5.72. The molecule has 0 fully saturated rings. The maximum Gasteiger partial charge on any atom is 0.204 e. The number of aromatic nitrogens is 1. The number of rotatable bonds is 2. The molecule has 86 valence electrons. The Hall–Kier alpha value is -0.680. The van der Waals surface area contributed by atoms with E-state index < -0.39 is 0 Å². The first-order chi connectivity index (χ1) is 6.47. The Morgan fingerprint density at radius 1 is 1.60 bits per heavy atom. The Morgan fingerprint density at radius 3 is 2.73 bits per heavy atom. The summed E-state index contributed by atoms with van der Waals surface area (Å²) >= 11 is 1.43. The van der Waals surface area contributed by atoms with Crippen LogP contribution < -0.4 is 5.73 Å². The van der Waals surface area contributed by atoms with Crippen LogP contribution in [-0.2, 0) is 5.75 Å². The third kappa shape index (κ3) is 6.41. The van der Waals surface area contributed by atoms with Crippen LogP contribution in [0.25, 0.3) is 0 Å². The van der Waals surface area contributed by atoms with E-state index in [1.165, 1.54) is 11.8 Å². The molecule has 0 bridgehead atoms. The number of amidine groups is 1. The second kappa shape index (κ2) is 6.02.